The number of halogens is 3. The van der Waals surface area contributed by atoms with Crippen LogP contribution in [0.25, 0.3) is 16.1 Å². The predicted molar refractivity (Wildman–Crippen MR) is 111 cm³/mol. The molecule has 0 bridgehead atoms. The third kappa shape index (κ3) is 4.35. The van der Waals surface area contributed by atoms with E-state index in [1.165, 1.54) is 36.4 Å². The smallest absolute Gasteiger partial charge is 0.273 e. The first kappa shape index (κ1) is 23.4. The Hall–Kier alpha value is -3.30. The number of hydrogen-bond donors (Lipinski definition) is 0. The summed E-state index contributed by atoms with van der Waals surface area (Å²) >= 11 is 0. The number of nitrogens with zero attached hydrogens (tertiary/aromatic N) is 4. The second kappa shape index (κ2) is 8.33. The van der Waals surface area contributed by atoms with Gasteiger partial charge in [-0.1, -0.05) is 53.1 Å². The zero-order valence-electron chi connectivity index (χ0n) is 17.2. The molecule has 0 aliphatic carbocycles. The second-order valence-electron chi connectivity index (χ2n) is 7.64. The van der Waals surface area contributed by atoms with Gasteiger partial charge in [-0.15, -0.1) is 0 Å². The van der Waals surface area contributed by atoms with E-state index in [4.69, 9.17) is 5.53 Å². The summed E-state index contributed by atoms with van der Waals surface area (Å²) in [6.45, 7) is 2.11. The summed E-state index contributed by atoms with van der Waals surface area (Å²) in [5.74, 6) is -1.23. The summed E-state index contributed by atoms with van der Waals surface area (Å²) in [6, 6.07) is 13.5. The second-order valence-corrected chi connectivity index (χ2v) is 9.50. The number of alkyl halides is 3. The van der Waals surface area contributed by atoms with Crippen LogP contribution in [-0.2, 0) is 14.8 Å². The van der Waals surface area contributed by atoms with Crippen LogP contribution in [0.1, 0.15) is 24.5 Å². The SMILES string of the molecule is Cc1ccc(S(=O)(=O)N2C/C(=C(\N=[N+]=[N-])c3ccccc3)[C@@](C)(CC(F)(F)F)C2=O)cc1. The van der Waals surface area contributed by atoms with Gasteiger partial charge in [0.1, 0.15) is 0 Å². The van der Waals surface area contributed by atoms with E-state index in [-0.39, 0.29) is 21.7 Å². The molecule has 1 amide bonds. The molecule has 11 heteroatoms. The topological polar surface area (TPSA) is 103 Å². The fraction of sp³-hybridized carbons (Fsp3) is 0.286. The molecule has 1 aliphatic heterocycles. The molecule has 1 saturated heterocycles. The highest BCUT2D eigenvalue weighted by molar-refractivity contribution is 7.89. The van der Waals surface area contributed by atoms with Gasteiger partial charge in [0.05, 0.1) is 23.3 Å². The lowest BCUT2D eigenvalue weighted by Gasteiger charge is -2.26. The van der Waals surface area contributed by atoms with Crippen molar-refractivity contribution in [3.63, 3.8) is 0 Å². The van der Waals surface area contributed by atoms with Crippen molar-refractivity contribution in [2.45, 2.75) is 31.3 Å². The van der Waals surface area contributed by atoms with Crippen LogP contribution in [0, 0.1) is 12.3 Å². The first-order valence-electron chi connectivity index (χ1n) is 9.45. The van der Waals surface area contributed by atoms with Crippen molar-refractivity contribution >= 4 is 21.6 Å². The van der Waals surface area contributed by atoms with E-state index in [2.05, 4.69) is 10.0 Å². The Morgan fingerprint density at radius 3 is 2.28 bits per heavy atom. The van der Waals surface area contributed by atoms with E-state index in [1.807, 2.05) is 0 Å². The molecule has 32 heavy (non-hydrogen) atoms. The number of benzene rings is 2. The third-order valence-electron chi connectivity index (χ3n) is 5.31. The summed E-state index contributed by atoms with van der Waals surface area (Å²) < 4.78 is 67.3. The highest BCUT2D eigenvalue weighted by Gasteiger charge is 2.56. The quantitative estimate of drug-likeness (QED) is 0.345. The number of hydrogen-bond acceptors (Lipinski definition) is 4. The van der Waals surface area contributed by atoms with E-state index in [0.717, 1.165) is 12.5 Å². The van der Waals surface area contributed by atoms with Crippen molar-refractivity contribution in [1.29, 1.82) is 0 Å². The molecular formula is C21H19F3N4O3S. The van der Waals surface area contributed by atoms with E-state index in [0.29, 0.717) is 4.31 Å². The van der Waals surface area contributed by atoms with Crippen LogP contribution in [0.2, 0.25) is 0 Å². The van der Waals surface area contributed by atoms with Crippen molar-refractivity contribution in [1.82, 2.24) is 4.31 Å². The zero-order valence-corrected chi connectivity index (χ0v) is 18.0. The Morgan fingerprint density at radius 2 is 1.75 bits per heavy atom. The largest absolute Gasteiger partial charge is 0.390 e. The maximum atomic E-state index is 13.5. The fourth-order valence-corrected chi connectivity index (χ4v) is 5.13. The average Bonchev–Trinajstić information content (AvgIpc) is 2.97. The minimum absolute atomic E-state index is 0.199. The van der Waals surface area contributed by atoms with E-state index in [9.17, 15) is 26.4 Å². The van der Waals surface area contributed by atoms with Gasteiger partial charge in [0.2, 0.25) is 5.91 Å². The van der Waals surface area contributed by atoms with Crippen LogP contribution >= 0.6 is 0 Å². The molecule has 1 atom stereocenters. The summed E-state index contributed by atoms with van der Waals surface area (Å²) in [6.07, 6.45) is -6.39. The first-order chi connectivity index (χ1) is 14.9. The van der Waals surface area contributed by atoms with Gasteiger partial charge in [-0.25, -0.2) is 12.7 Å². The van der Waals surface area contributed by atoms with Crippen molar-refractivity contribution in [3.05, 3.63) is 81.7 Å². The van der Waals surface area contributed by atoms with Gasteiger partial charge in [0.25, 0.3) is 10.0 Å². The number of sulfonamides is 1. The number of carbonyl (C=O) groups is 1. The van der Waals surface area contributed by atoms with E-state index >= 15 is 0 Å². The molecule has 2 aromatic rings. The molecule has 0 unspecified atom stereocenters. The zero-order chi connectivity index (χ0) is 23.7. The fourth-order valence-electron chi connectivity index (χ4n) is 3.68. The summed E-state index contributed by atoms with van der Waals surface area (Å²) in [5.41, 5.74) is 7.41. The van der Waals surface area contributed by atoms with Crippen LogP contribution < -0.4 is 0 Å². The Morgan fingerprint density at radius 1 is 1.16 bits per heavy atom. The molecule has 2 aromatic carbocycles. The lowest BCUT2D eigenvalue weighted by Crippen LogP contribution is -2.39. The van der Waals surface area contributed by atoms with Gasteiger partial charge in [0, 0.05) is 10.6 Å². The lowest BCUT2D eigenvalue weighted by atomic mass is 9.79. The third-order valence-corrected chi connectivity index (χ3v) is 7.05. The molecule has 0 saturated carbocycles. The highest BCUT2D eigenvalue weighted by atomic mass is 32.2. The van der Waals surface area contributed by atoms with Gasteiger partial charge in [-0.3, -0.25) is 4.79 Å². The molecule has 0 aromatic heterocycles. The molecule has 168 valence electrons. The first-order valence-corrected chi connectivity index (χ1v) is 10.9. The van der Waals surface area contributed by atoms with E-state index in [1.54, 1.807) is 25.1 Å². The van der Waals surface area contributed by atoms with Gasteiger partial charge in [0.15, 0.2) is 0 Å². The number of aryl methyl sites for hydroxylation is 1. The Kier molecular flexibility index (Phi) is 6.08. The molecule has 7 nitrogen and oxygen atoms in total. The minimum Gasteiger partial charge on any atom is -0.273 e. The van der Waals surface area contributed by atoms with Crippen LogP contribution in [0.3, 0.4) is 0 Å². The molecule has 0 N–H and O–H groups in total. The number of azide groups is 1. The van der Waals surface area contributed by atoms with Crippen LogP contribution in [0.5, 0.6) is 0 Å². The van der Waals surface area contributed by atoms with Crippen LogP contribution in [0.15, 0.2) is 70.2 Å². The van der Waals surface area contributed by atoms with E-state index < -0.39 is 40.5 Å². The van der Waals surface area contributed by atoms with Crippen molar-refractivity contribution in [2.24, 2.45) is 10.5 Å². The van der Waals surface area contributed by atoms with Crippen LogP contribution in [0.4, 0.5) is 13.2 Å². The Labute approximate surface area is 182 Å². The standard InChI is InChI=1S/C21H19F3N4O3S/c1-14-8-10-16(11-9-14)32(30,31)28-12-17(20(2,19(28)29)13-21(22,23)24)18(26-27-25)15-6-4-3-5-7-15/h3-11H,12-13H2,1-2H3/b18-17+/t20-/m1/s1. The lowest BCUT2D eigenvalue weighted by molar-refractivity contribution is -0.161. The van der Waals surface area contributed by atoms with Gasteiger partial charge in [-0.2, -0.15) is 13.2 Å². The summed E-state index contributed by atoms with van der Waals surface area (Å²) in [7, 11) is -4.45. The maximum absolute atomic E-state index is 13.5. The Bertz CT molecular complexity index is 1220. The summed E-state index contributed by atoms with van der Waals surface area (Å²) in [4.78, 5) is 15.7. The average molecular weight is 464 g/mol. The normalized spacial score (nSPS) is 20.8. The van der Waals surface area contributed by atoms with Gasteiger partial charge < -0.3 is 0 Å². The number of rotatable bonds is 5. The predicted octanol–water partition coefficient (Wildman–Crippen LogP) is 5.21. The van der Waals surface area contributed by atoms with Crippen molar-refractivity contribution in [2.75, 3.05) is 6.54 Å². The van der Waals surface area contributed by atoms with Gasteiger partial charge in [-0.05, 0) is 42.6 Å². The number of carbonyl (C=O) groups excluding carboxylic acids is 1. The minimum atomic E-state index is -4.78. The maximum Gasteiger partial charge on any atom is 0.390 e. The monoisotopic (exact) mass is 464 g/mol. The molecule has 1 aliphatic rings. The molecule has 0 radical (unpaired) electrons. The molecule has 1 heterocycles. The molecule has 0 spiro atoms. The summed E-state index contributed by atoms with van der Waals surface area (Å²) in [5, 5.41) is 3.56. The molecular weight excluding hydrogens is 445 g/mol. The van der Waals surface area contributed by atoms with Crippen molar-refractivity contribution in [3.8, 4) is 0 Å². The molecule has 3 rings (SSSR count). The molecule has 1 fully saturated rings. The number of amides is 1. The highest BCUT2D eigenvalue weighted by Crippen LogP contribution is 2.49. The van der Waals surface area contributed by atoms with Crippen LogP contribution in [-0.4, -0.2) is 31.4 Å². The van der Waals surface area contributed by atoms with Crippen molar-refractivity contribution < 1.29 is 26.4 Å². The van der Waals surface area contributed by atoms with Gasteiger partial charge >= 0.3 is 6.18 Å². The Balaban J connectivity index is 2.25.